The van der Waals surface area contributed by atoms with Crippen LogP contribution < -0.4 is 11.1 Å². The SMILES string of the molecule is CC(C)S(=O)(=O)c1ccc(-c2cnc(N)c(-c3nnc(-c4ccc(CNC(=O)O)cc4)o3)n2)cc1. The van der Waals surface area contributed by atoms with E-state index in [9.17, 15) is 13.2 Å². The van der Waals surface area contributed by atoms with Gasteiger partial charge in [0.05, 0.1) is 22.0 Å². The fraction of sp³-hybridized carbons (Fsp3) is 0.174. The molecule has 0 aliphatic carbocycles. The third kappa shape index (κ3) is 5.11. The summed E-state index contributed by atoms with van der Waals surface area (Å²) in [6, 6.07) is 13.3. The van der Waals surface area contributed by atoms with Gasteiger partial charge in [0, 0.05) is 17.7 Å². The van der Waals surface area contributed by atoms with Gasteiger partial charge < -0.3 is 20.6 Å². The predicted octanol–water partition coefficient (Wildman–Crippen LogP) is 3.39. The number of nitrogens with zero attached hydrogens (tertiary/aromatic N) is 4. The Bertz CT molecular complexity index is 1470. The van der Waals surface area contributed by atoms with Crippen LogP contribution in [0.5, 0.6) is 0 Å². The molecular weight excluding hydrogens is 472 g/mol. The fourth-order valence-electron chi connectivity index (χ4n) is 3.16. The minimum absolute atomic E-state index is 0.0717. The van der Waals surface area contributed by atoms with E-state index in [-0.39, 0.29) is 34.7 Å². The summed E-state index contributed by atoms with van der Waals surface area (Å²) in [6.07, 6.45) is 0.374. The molecule has 0 spiro atoms. The zero-order valence-electron chi connectivity index (χ0n) is 18.8. The summed E-state index contributed by atoms with van der Waals surface area (Å²) in [4.78, 5) is 19.5. The Balaban J connectivity index is 1.59. The van der Waals surface area contributed by atoms with Crippen LogP contribution in [-0.2, 0) is 16.4 Å². The number of sulfone groups is 1. The number of nitrogen functional groups attached to an aromatic ring is 1. The average Bonchev–Trinajstić information content (AvgIpc) is 3.33. The molecule has 0 unspecified atom stereocenters. The average molecular weight is 495 g/mol. The van der Waals surface area contributed by atoms with Gasteiger partial charge in [0.1, 0.15) is 0 Å². The minimum atomic E-state index is -3.39. The fourth-order valence-corrected chi connectivity index (χ4v) is 4.22. The first kappa shape index (κ1) is 23.8. The lowest BCUT2D eigenvalue weighted by Gasteiger charge is -2.09. The smallest absolute Gasteiger partial charge is 0.404 e. The first-order chi connectivity index (χ1) is 16.6. The number of hydrogen-bond acceptors (Lipinski definition) is 9. The van der Waals surface area contributed by atoms with Gasteiger partial charge in [0.25, 0.3) is 5.89 Å². The first-order valence-corrected chi connectivity index (χ1v) is 12.1. The maximum atomic E-state index is 12.4. The van der Waals surface area contributed by atoms with Gasteiger partial charge in [-0.05, 0) is 43.7 Å². The first-order valence-electron chi connectivity index (χ1n) is 10.5. The number of hydrogen-bond donors (Lipinski definition) is 3. The van der Waals surface area contributed by atoms with Gasteiger partial charge in [-0.25, -0.2) is 23.2 Å². The van der Waals surface area contributed by atoms with Crippen LogP contribution in [-0.4, -0.2) is 45.0 Å². The molecule has 12 heteroatoms. The summed E-state index contributed by atoms with van der Waals surface area (Å²) >= 11 is 0. The monoisotopic (exact) mass is 494 g/mol. The standard InChI is InChI=1S/C23H22N6O5S/c1-13(2)35(32,33)17-9-7-15(8-10-17)18-12-25-20(24)19(27-18)22-29-28-21(34-22)16-5-3-14(4-6-16)11-26-23(30)31/h3-10,12-13,26H,11H2,1-2H3,(H2,24,25)(H,30,31). The molecule has 0 saturated heterocycles. The topological polar surface area (TPSA) is 174 Å². The molecule has 2 heterocycles. The summed E-state index contributed by atoms with van der Waals surface area (Å²) in [7, 11) is -3.39. The zero-order chi connectivity index (χ0) is 25.2. The van der Waals surface area contributed by atoms with Crippen molar-refractivity contribution < 1.29 is 22.7 Å². The number of carbonyl (C=O) groups is 1. The third-order valence-electron chi connectivity index (χ3n) is 5.17. The van der Waals surface area contributed by atoms with Crippen LogP contribution in [0, 0.1) is 0 Å². The van der Waals surface area contributed by atoms with Crippen molar-refractivity contribution in [1.82, 2.24) is 25.5 Å². The van der Waals surface area contributed by atoms with E-state index in [1.807, 2.05) is 0 Å². The van der Waals surface area contributed by atoms with Gasteiger partial charge >= 0.3 is 6.09 Å². The summed E-state index contributed by atoms with van der Waals surface area (Å²) in [6.45, 7) is 3.43. The van der Waals surface area contributed by atoms with Gasteiger partial charge in [-0.2, -0.15) is 0 Å². The Kier molecular flexibility index (Phi) is 6.47. The van der Waals surface area contributed by atoms with Crippen molar-refractivity contribution in [2.45, 2.75) is 30.5 Å². The van der Waals surface area contributed by atoms with Gasteiger partial charge in [0.2, 0.25) is 5.89 Å². The number of nitrogens with one attached hydrogen (secondary N) is 1. The highest BCUT2D eigenvalue weighted by molar-refractivity contribution is 7.92. The second-order valence-corrected chi connectivity index (χ2v) is 10.4. The van der Waals surface area contributed by atoms with Crippen molar-refractivity contribution in [2.24, 2.45) is 0 Å². The van der Waals surface area contributed by atoms with E-state index in [0.29, 0.717) is 16.8 Å². The van der Waals surface area contributed by atoms with E-state index in [1.54, 1.807) is 50.2 Å². The second-order valence-electron chi connectivity index (χ2n) is 7.88. The molecule has 4 rings (SSSR count). The molecular formula is C23H22N6O5S. The van der Waals surface area contributed by atoms with Gasteiger partial charge in [0.15, 0.2) is 21.3 Å². The molecule has 0 atom stereocenters. The Labute approximate surface area is 201 Å². The Morgan fingerprint density at radius 2 is 1.66 bits per heavy atom. The lowest BCUT2D eigenvalue weighted by molar-refractivity contribution is 0.194. The third-order valence-corrected chi connectivity index (χ3v) is 7.34. The second kappa shape index (κ2) is 9.50. The van der Waals surface area contributed by atoms with E-state index >= 15 is 0 Å². The highest BCUT2D eigenvalue weighted by atomic mass is 32.2. The van der Waals surface area contributed by atoms with E-state index < -0.39 is 21.2 Å². The molecule has 0 radical (unpaired) electrons. The summed E-state index contributed by atoms with van der Waals surface area (Å²) < 4.78 is 30.5. The molecule has 180 valence electrons. The van der Waals surface area contributed by atoms with Crippen molar-refractivity contribution in [1.29, 1.82) is 0 Å². The molecule has 2 aromatic carbocycles. The van der Waals surface area contributed by atoms with Crippen molar-refractivity contribution in [3.8, 4) is 34.3 Å². The number of amides is 1. The number of aromatic nitrogens is 4. The van der Waals surface area contributed by atoms with Crippen LogP contribution in [0.3, 0.4) is 0 Å². The highest BCUT2D eigenvalue weighted by Gasteiger charge is 2.20. The predicted molar refractivity (Wildman–Crippen MR) is 128 cm³/mol. The van der Waals surface area contributed by atoms with Gasteiger partial charge in [-0.1, -0.05) is 24.3 Å². The number of nitrogens with two attached hydrogens (primary N) is 1. The van der Waals surface area contributed by atoms with Crippen molar-refractivity contribution in [2.75, 3.05) is 5.73 Å². The summed E-state index contributed by atoms with van der Waals surface area (Å²) in [5.41, 5.74) is 8.70. The van der Waals surface area contributed by atoms with Crippen molar-refractivity contribution in [3.63, 3.8) is 0 Å². The summed E-state index contributed by atoms with van der Waals surface area (Å²) in [5, 5.41) is 18.6. The van der Waals surface area contributed by atoms with Gasteiger partial charge in [-0.3, -0.25) is 0 Å². The number of rotatable bonds is 7. The van der Waals surface area contributed by atoms with E-state index in [2.05, 4.69) is 25.5 Å². The van der Waals surface area contributed by atoms with Crippen LogP contribution in [0.25, 0.3) is 34.3 Å². The Morgan fingerprint density at radius 3 is 2.29 bits per heavy atom. The van der Waals surface area contributed by atoms with Crippen LogP contribution in [0.4, 0.5) is 10.6 Å². The molecule has 4 N–H and O–H groups in total. The molecule has 1 amide bonds. The van der Waals surface area contributed by atoms with Crippen LogP contribution in [0.2, 0.25) is 0 Å². The van der Waals surface area contributed by atoms with Crippen LogP contribution in [0.15, 0.2) is 64.0 Å². The van der Waals surface area contributed by atoms with Gasteiger partial charge in [-0.15, -0.1) is 10.2 Å². The van der Waals surface area contributed by atoms with Crippen molar-refractivity contribution >= 4 is 21.7 Å². The molecule has 0 aliphatic rings. The summed E-state index contributed by atoms with van der Waals surface area (Å²) in [5.74, 6) is 0.396. The molecule has 0 fully saturated rings. The maximum absolute atomic E-state index is 12.4. The lowest BCUT2D eigenvalue weighted by Crippen LogP contribution is -2.19. The number of carboxylic acid groups (broad SMARTS) is 1. The lowest BCUT2D eigenvalue weighted by atomic mass is 10.1. The zero-order valence-corrected chi connectivity index (χ0v) is 19.7. The molecule has 0 aliphatic heterocycles. The highest BCUT2D eigenvalue weighted by Crippen LogP contribution is 2.28. The molecule has 11 nitrogen and oxygen atoms in total. The molecule has 35 heavy (non-hydrogen) atoms. The molecule has 4 aromatic rings. The number of anilines is 1. The number of benzene rings is 2. The maximum Gasteiger partial charge on any atom is 0.404 e. The quantitative estimate of drug-likeness (QED) is 0.345. The van der Waals surface area contributed by atoms with E-state index in [4.69, 9.17) is 15.3 Å². The molecule has 0 bridgehead atoms. The minimum Gasteiger partial charge on any atom is -0.465 e. The molecule has 0 saturated carbocycles. The van der Waals surface area contributed by atoms with Crippen molar-refractivity contribution in [3.05, 3.63) is 60.3 Å². The molecule has 2 aromatic heterocycles. The van der Waals surface area contributed by atoms with Crippen LogP contribution >= 0.6 is 0 Å². The largest absolute Gasteiger partial charge is 0.465 e. The Hall–Kier alpha value is -4.32. The van der Waals surface area contributed by atoms with E-state index in [0.717, 1.165) is 5.56 Å². The normalized spacial score (nSPS) is 11.5. The Morgan fingerprint density at radius 1 is 1.03 bits per heavy atom. The van der Waals surface area contributed by atoms with E-state index in [1.165, 1.54) is 18.3 Å². The van der Waals surface area contributed by atoms with Crippen LogP contribution in [0.1, 0.15) is 19.4 Å².